The van der Waals surface area contributed by atoms with Gasteiger partial charge in [-0.25, -0.2) is 0 Å². The van der Waals surface area contributed by atoms with Crippen molar-refractivity contribution in [3.63, 3.8) is 0 Å². The molecule has 3 rings (SSSR count). The van der Waals surface area contributed by atoms with E-state index in [1.807, 2.05) is 24.3 Å². The largest absolute Gasteiger partial charge is 0.507 e. The van der Waals surface area contributed by atoms with Crippen LogP contribution < -0.4 is 4.74 Å². The first-order valence-electron chi connectivity index (χ1n) is 15.5. The maximum absolute atomic E-state index is 11.1. The molecule has 1 aliphatic rings. The fourth-order valence-electron chi connectivity index (χ4n) is 5.89. The number of fused-ring (bicyclic) bond motifs is 1. The van der Waals surface area contributed by atoms with Gasteiger partial charge in [-0.3, -0.25) is 0 Å². The molecule has 212 valence electrons. The highest BCUT2D eigenvalue weighted by molar-refractivity contribution is 5.80. The third kappa shape index (κ3) is 8.93. The number of ether oxygens (including phenoxy) is 1. The molecule has 0 radical (unpaired) electrons. The van der Waals surface area contributed by atoms with Gasteiger partial charge in [0.25, 0.3) is 0 Å². The van der Waals surface area contributed by atoms with Gasteiger partial charge in [-0.05, 0) is 56.7 Å². The van der Waals surface area contributed by atoms with Crippen molar-refractivity contribution >= 4 is 0 Å². The van der Waals surface area contributed by atoms with E-state index in [0.717, 1.165) is 54.5 Å². The zero-order valence-electron chi connectivity index (χ0n) is 24.1. The molecule has 1 atom stereocenters. The minimum atomic E-state index is -0.876. The summed E-state index contributed by atoms with van der Waals surface area (Å²) < 4.78 is 5.96. The normalized spacial score (nSPS) is 13.9. The second-order valence-corrected chi connectivity index (χ2v) is 11.3. The third-order valence-corrected chi connectivity index (χ3v) is 8.13. The van der Waals surface area contributed by atoms with Crippen LogP contribution in [-0.2, 0) is 12.8 Å². The van der Waals surface area contributed by atoms with Gasteiger partial charge in [0.15, 0.2) is 0 Å². The average Bonchev–Trinajstić information content (AvgIpc) is 2.93. The predicted octanol–water partition coefficient (Wildman–Crippen LogP) is 9.56. The van der Waals surface area contributed by atoms with Crippen LogP contribution in [0.2, 0.25) is 0 Å². The zero-order valence-corrected chi connectivity index (χ0v) is 24.1. The van der Waals surface area contributed by atoms with Crippen molar-refractivity contribution in [3.8, 4) is 28.4 Å². The van der Waals surface area contributed by atoms with Crippen LogP contribution in [0.15, 0.2) is 24.3 Å². The molecule has 0 aromatic heterocycles. The minimum absolute atomic E-state index is 0.139. The lowest BCUT2D eigenvalue weighted by Crippen LogP contribution is -2.08. The van der Waals surface area contributed by atoms with Crippen LogP contribution in [0.5, 0.6) is 17.2 Å². The number of aromatic hydroxyl groups is 2. The van der Waals surface area contributed by atoms with E-state index in [-0.39, 0.29) is 11.5 Å². The molecule has 0 heterocycles. The van der Waals surface area contributed by atoms with E-state index in [4.69, 9.17) is 4.74 Å². The molecule has 1 aliphatic carbocycles. The fourth-order valence-corrected chi connectivity index (χ4v) is 5.89. The van der Waals surface area contributed by atoms with Crippen molar-refractivity contribution in [3.05, 3.63) is 41.0 Å². The van der Waals surface area contributed by atoms with E-state index in [9.17, 15) is 15.3 Å². The minimum Gasteiger partial charge on any atom is -0.507 e. The molecule has 4 nitrogen and oxygen atoms in total. The molecule has 2 aromatic rings. The van der Waals surface area contributed by atoms with Crippen molar-refractivity contribution in [2.24, 2.45) is 0 Å². The highest BCUT2D eigenvalue weighted by Crippen LogP contribution is 2.48. The number of aliphatic hydroxyl groups excluding tert-OH is 1. The van der Waals surface area contributed by atoms with Crippen LogP contribution in [0, 0.1) is 0 Å². The summed E-state index contributed by atoms with van der Waals surface area (Å²) in [6.07, 6.45) is 21.4. The summed E-state index contributed by atoms with van der Waals surface area (Å²) in [4.78, 5) is 0. The van der Waals surface area contributed by atoms with Gasteiger partial charge in [0.2, 0.25) is 0 Å². The number of phenols is 2. The summed E-state index contributed by atoms with van der Waals surface area (Å²) in [5.74, 6) is 1.15. The van der Waals surface area contributed by atoms with Crippen molar-refractivity contribution in [1.29, 1.82) is 0 Å². The molecule has 3 N–H and O–H groups in total. The summed E-state index contributed by atoms with van der Waals surface area (Å²) in [5.41, 5.74) is 3.36. The highest BCUT2D eigenvalue weighted by Gasteiger charge is 2.27. The lowest BCUT2D eigenvalue weighted by Gasteiger charge is -2.25. The van der Waals surface area contributed by atoms with Crippen LogP contribution in [0.4, 0.5) is 0 Å². The Balaban J connectivity index is 1.37. The van der Waals surface area contributed by atoms with Crippen molar-refractivity contribution in [2.45, 2.75) is 136 Å². The number of hydrogen-bond acceptors (Lipinski definition) is 4. The summed E-state index contributed by atoms with van der Waals surface area (Å²) in [5, 5.41) is 32.5. The number of rotatable bonds is 18. The summed E-state index contributed by atoms with van der Waals surface area (Å²) in [7, 11) is 0. The van der Waals surface area contributed by atoms with Crippen LogP contribution >= 0.6 is 0 Å². The molecule has 0 fully saturated rings. The van der Waals surface area contributed by atoms with Crippen molar-refractivity contribution in [2.75, 3.05) is 6.61 Å². The summed E-state index contributed by atoms with van der Waals surface area (Å²) in [6.45, 7) is 4.63. The van der Waals surface area contributed by atoms with Gasteiger partial charge in [0.1, 0.15) is 17.2 Å². The summed E-state index contributed by atoms with van der Waals surface area (Å²) >= 11 is 0. The number of hydrogen-bond donors (Lipinski definition) is 3. The Hall–Kier alpha value is -2.20. The van der Waals surface area contributed by atoms with E-state index in [1.54, 1.807) is 6.92 Å². The molecule has 2 aromatic carbocycles. The second-order valence-electron chi connectivity index (χ2n) is 11.3. The van der Waals surface area contributed by atoms with Crippen LogP contribution in [0.1, 0.15) is 139 Å². The number of aliphatic hydroxyl groups is 1. The number of unbranched alkanes of at least 4 members (excludes halogenated alkanes) is 13. The van der Waals surface area contributed by atoms with Gasteiger partial charge in [-0.1, -0.05) is 103 Å². The topological polar surface area (TPSA) is 69.9 Å². The Bertz CT molecular complexity index is 948. The Morgan fingerprint density at radius 2 is 1.16 bits per heavy atom. The Kier molecular flexibility index (Phi) is 13.3. The Labute approximate surface area is 231 Å². The van der Waals surface area contributed by atoms with Crippen molar-refractivity contribution in [1.82, 2.24) is 0 Å². The fraction of sp³-hybridized carbons (Fsp3) is 0.647. The van der Waals surface area contributed by atoms with Crippen LogP contribution in [0.3, 0.4) is 0 Å². The first-order valence-corrected chi connectivity index (χ1v) is 15.5. The van der Waals surface area contributed by atoms with E-state index in [1.165, 1.54) is 83.5 Å². The molecule has 0 bridgehead atoms. The van der Waals surface area contributed by atoms with E-state index in [2.05, 4.69) is 6.92 Å². The Morgan fingerprint density at radius 1 is 0.684 bits per heavy atom. The molecule has 0 spiro atoms. The molecular weight excluding hydrogens is 472 g/mol. The van der Waals surface area contributed by atoms with Gasteiger partial charge in [-0.15, -0.1) is 0 Å². The Morgan fingerprint density at radius 3 is 1.66 bits per heavy atom. The van der Waals surface area contributed by atoms with Gasteiger partial charge in [0.05, 0.1) is 12.7 Å². The van der Waals surface area contributed by atoms with Gasteiger partial charge < -0.3 is 20.1 Å². The number of phenolic OH excluding ortho intramolecular Hbond substituents is 2. The lowest BCUT2D eigenvalue weighted by molar-refractivity contribution is 0.194. The standard InChI is InChI=1S/C34H52O4/c1-3-4-5-6-7-8-9-10-11-12-13-14-15-18-25-38-28-23-21-27(22-24-28)32-31(26(2)35)33(36)29-19-16-17-20-30(29)34(32)37/h21-24,26,35-37H,3-20,25H2,1-2H3. The molecule has 38 heavy (non-hydrogen) atoms. The molecule has 1 unspecified atom stereocenters. The smallest absolute Gasteiger partial charge is 0.127 e. The molecule has 4 heteroatoms. The van der Waals surface area contributed by atoms with E-state index < -0.39 is 6.10 Å². The quantitative estimate of drug-likeness (QED) is 0.134. The monoisotopic (exact) mass is 524 g/mol. The maximum atomic E-state index is 11.1. The molecule has 0 amide bonds. The van der Waals surface area contributed by atoms with E-state index in [0.29, 0.717) is 17.7 Å². The third-order valence-electron chi connectivity index (χ3n) is 8.13. The zero-order chi connectivity index (χ0) is 27.2. The maximum Gasteiger partial charge on any atom is 0.127 e. The van der Waals surface area contributed by atoms with Crippen molar-refractivity contribution < 1.29 is 20.1 Å². The SMILES string of the molecule is CCCCCCCCCCCCCCCCOc1ccc(-c2c(O)c3c(c(O)c2C(C)O)CCCC3)cc1. The van der Waals surface area contributed by atoms with Gasteiger partial charge in [-0.2, -0.15) is 0 Å². The van der Waals surface area contributed by atoms with Crippen LogP contribution in [-0.4, -0.2) is 21.9 Å². The van der Waals surface area contributed by atoms with Crippen LogP contribution in [0.25, 0.3) is 11.1 Å². The first kappa shape index (κ1) is 30.3. The molecule has 0 aliphatic heterocycles. The highest BCUT2D eigenvalue weighted by atomic mass is 16.5. The predicted molar refractivity (Wildman–Crippen MR) is 158 cm³/mol. The average molecular weight is 525 g/mol. The lowest BCUT2D eigenvalue weighted by atomic mass is 9.83. The van der Waals surface area contributed by atoms with E-state index >= 15 is 0 Å². The molecule has 0 saturated heterocycles. The van der Waals surface area contributed by atoms with Gasteiger partial charge in [0, 0.05) is 22.3 Å². The second kappa shape index (κ2) is 16.7. The molecular formula is C34H52O4. The molecule has 0 saturated carbocycles. The first-order chi connectivity index (χ1) is 18.5. The summed E-state index contributed by atoms with van der Waals surface area (Å²) in [6, 6.07) is 7.66. The number of benzene rings is 2. The van der Waals surface area contributed by atoms with Gasteiger partial charge >= 0.3 is 0 Å².